The van der Waals surface area contributed by atoms with Crippen LogP contribution in [-0.4, -0.2) is 46.4 Å². The smallest absolute Gasteiger partial charge is 0.303 e. The Morgan fingerprint density at radius 3 is 2.80 bits per heavy atom. The molecule has 0 amide bonds. The average Bonchev–Trinajstić information content (AvgIpc) is 2.95. The third-order valence-corrected chi connectivity index (χ3v) is 5.35. The summed E-state index contributed by atoms with van der Waals surface area (Å²) in [6.07, 6.45) is 2.13. The van der Waals surface area contributed by atoms with Gasteiger partial charge < -0.3 is 9.67 Å². The normalized spacial score (nSPS) is 20.4. The summed E-state index contributed by atoms with van der Waals surface area (Å²) >= 11 is 0. The third kappa shape index (κ3) is 2.85. The van der Waals surface area contributed by atoms with E-state index in [2.05, 4.69) is 4.98 Å². The molecule has 112 valence electrons. The molecule has 0 aromatic carbocycles. The summed E-state index contributed by atoms with van der Waals surface area (Å²) in [6.45, 7) is 4.96. The van der Waals surface area contributed by atoms with Gasteiger partial charge in [-0.15, -0.1) is 0 Å². The van der Waals surface area contributed by atoms with E-state index >= 15 is 0 Å². The summed E-state index contributed by atoms with van der Waals surface area (Å²) < 4.78 is 28.0. The highest BCUT2D eigenvalue weighted by atomic mass is 32.2. The zero-order valence-corrected chi connectivity index (χ0v) is 12.4. The van der Waals surface area contributed by atoms with Crippen molar-refractivity contribution < 1.29 is 18.3 Å². The van der Waals surface area contributed by atoms with Crippen molar-refractivity contribution in [1.82, 2.24) is 13.9 Å². The summed E-state index contributed by atoms with van der Waals surface area (Å²) in [5.74, 6) is -0.343. The standard InChI is InChI=1S/C12H19N3O4S/c1-3-14-8-11(13-9(14)2)20(18,19)15-5-4-10(7-15)6-12(16)17/h8,10H,3-7H2,1-2H3,(H,16,17). The van der Waals surface area contributed by atoms with E-state index in [1.807, 2.05) is 6.92 Å². The molecule has 1 N–H and O–H groups in total. The van der Waals surface area contributed by atoms with Crippen molar-refractivity contribution in [2.24, 2.45) is 5.92 Å². The fourth-order valence-electron chi connectivity index (χ4n) is 2.48. The second kappa shape index (κ2) is 5.53. The molecule has 0 aliphatic carbocycles. The van der Waals surface area contributed by atoms with Gasteiger partial charge in [0.1, 0.15) is 5.82 Å². The highest BCUT2D eigenvalue weighted by Gasteiger charge is 2.34. The Morgan fingerprint density at radius 2 is 2.25 bits per heavy atom. The number of imidazole rings is 1. The van der Waals surface area contributed by atoms with Gasteiger partial charge in [-0.1, -0.05) is 0 Å². The number of nitrogens with zero attached hydrogens (tertiary/aromatic N) is 3. The van der Waals surface area contributed by atoms with E-state index < -0.39 is 16.0 Å². The number of carboxylic acids is 1. The maximum absolute atomic E-state index is 12.4. The quantitative estimate of drug-likeness (QED) is 0.864. The van der Waals surface area contributed by atoms with Crippen molar-refractivity contribution in [1.29, 1.82) is 0 Å². The molecule has 2 heterocycles. The van der Waals surface area contributed by atoms with E-state index in [4.69, 9.17) is 5.11 Å². The van der Waals surface area contributed by atoms with Crippen LogP contribution >= 0.6 is 0 Å². The fourth-order valence-corrected chi connectivity index (χ4v) is 4.01. The third-order valence-electron chi connectivity index (χ3n) is 3.61. The highest BCUT2D eigenvalue weighted by molar-refractivity contribution is 7.89. The van der Waals surface area contributed by atoms with Gasteiger partial charge in [0.25, 0.3) is 10.0 Å². The molecule has 7 nitrogen and oxygen atoms in total. The molecule has 0 spiro atoms. The van der Waals surface area contributed by atoms with Gasteiger partial charge in [0.2, 0.25) is 0 Å². The van der Waals surface area contributed by atoms with Crippen LogP contribution in [0.4, 0.5) is 0 Å². The van der Waals surface area contributed by atoms with Crippen molar-refractivity contribution in [3.8, 4) is 0 Å². The van der Waals surface area contributed by atoms with E-state index in [1.165, 1.54) is 10.5 Å². The average molecular weight is 301 g/mol. The van der Waals surface area contributed by atoms with Gasteiger partial charge in [-0.05, 0) is 26.2 Å². The Balaban J connectivity index is 2.17. The minimum absolute atomic E-state index is 0.00838. The lowest BCUT2D eigenvalue weighted by Gasteiger charge is -2.14. The zero-order valence-electron chi connectivity index (χ0n) is 11.6. The lowest BCUT2D eigenvalue weighted by atomic mass is 10.1. The molecule has 1 unspecified atom stereocenters. The van der Waals surface area contributed by atoms with E-state index in [9.17, 15) is 13.2 Å². The van der Waals surface area contributed by atoms with Gasteiger partial charge in [-0.2, -0.15) is 4.31 Å². The number of aryl methyl sites for hydroxylation is 2. The number of carboxylic acid groups (broad SMARTS) is 1. The molecule has 1 saturated heterocycles. The SMILES string of the molecule is CCn1cc(S(=O)(=O)N2CCC(CC(=O)O)C2)nc1C. The molecule has 1 aromatic heterocycles. The molecule has 8 heteroatoms. The predicted octanol–water partition coefficient (Wildman–Crippen LogP) is 0.697. The number of carbonyl (C=O) groups is 1. The zero-order chi connectivity index (χ0) is 14.9. The summed E-state index contributed by atoms with van der Waals surface area (Å²) in [4.78, 5) is 14.8. The first kappa shape index (κ1) is 15.0. The number of hydrogen-bond acceptors (Lipinski definition) is 4. The van der Waals surface area contributed by atoms with Crippen molar-refractivity contribution in [3.63, 3.8) is 0 Å². The first-order chi connectivity index (χ1) is 9.34. The number of hydrogen-bond donors (Lipinski definition) is 1. The number of rotatable bonds is 5. The van der Waals surface area contributed by atoms with Crippen molar-refractivity contribution >= 4 is 16.0 Å². The number of aliphatic carboxylic acids is 1. The Morgan fingerprint density at radius 1 is 1.55 bits per heavy atom. The summed E-state index contributed by atoms with van der Waals surface area (Å²) in [7, 11) is -3.61. The van der Waals surface area contributed by atoms with Crippen molar-refractivity contribution in [3.05, 3.63) is 12.0 Å². The minimum Gasteiger partial charge on any atom is -0.481 e. The molecule has 20 heavy (non-hydrogen) atoms. The van der Waals surface area contributed by atoms with Gasteiger partial charge in [-0.3, -0.25) is 4.79 Å². The molecule has 2 rings (SSSR count). The van der Waals surface area contributed by atoms with Gasteiger partial charge in [0.15, 0.2) is 5.03 Å². The summed E-state index contributed by atoms with van der Waals surface area (Å²) in [5.41, 5.74) is 0. The molecular formula is C12H19N3O4S. The monoisotopic (exact) mass is 301 g/mol. The number of aromatic nitrogens is 2. The lowest BCUT2D eigenvalue weighted by Crippen LogP contribution is -2.29. The van der Waals surface area contributed by atoms with Crippen LogP contribution in [0.5, 0.6) is 0 Å². The second-order valence-electron chi connectivity index (χ2n) is 5.03. The van der Waals surface area contributed by atoms with Crippen LogP contribution in [0.25, 0.3) is 0 Å². The van der Waals surface area contributed by atoms with E-state index in [0.29, 0.717) is 25.3 Å². The molecule has 1 aliphatic rings. The van der Waals surface area contributed by atoms with E-state index in [1.54, 1.807) is 11.5 Å². The Kier molecular flexibility index (Phi) is 4.14. The van der Waals surface area contributed by atoms with Crippen molar-refractivity contribution in [2.45, 2.75) is 38.3 Å². The largest absolute Gasteiger partial charge is 0.481 e. The van der Waals surface area contributed by atoms with Crippen LogP contribution in [0.1, 0.15) is 25.6 Å². The van der Waals surface area contributed by atoms with Crippen LogP contribution in [0, 0.1) is 12.8 Å². The molecule has 1 aliphatic heterocycles. The molecule has 1 fully saturated rings. The van der Waals surface area contributed by atoms with Crippen molar-refractivity contribution in [2.75, 3.05) is 13.1 Å². The van der Waals surface area contributed by atoms with Gasteiger partial charge in [-0.25, -0.2) is 13.4 Å². The van der Waals surface area contributed by atoms with E-state index in [0.717, 1.165) is 0 Å². The lowest BCUT2D eigenvalue weighted by molar-refractivity contribution is -0.137. The minimum atomic E-state index is -3.61. The summed E-state index contributed by atoms with van der Waals surface area (Å²) in [6, 6.07) is 0. The van der Waals surface area contributed by atoms with E-state index in [-0.39, 0.29) is 23.9 Å². The van der Waals surface area contributed by atoms with Gasteiger partial charge in [0, 0.05) is 32.3 Å². The Hall–Kier alpha value is -1.41. The van der Waals surface area contributed by atoms with Crippen LogP contribution in [0.3, 0.4) is 0 Å². The Bertz CT molecular complexity index is 608. The molecule has 0 bridgehead atoms. The number of sulfonamides is 1. The Labute approximate surface area is 118 Å². The predicted molar refractivity (Wildman–Crippen MR) is 71.8 cm³/mol. The van der Waals surface area contributed by atoms with Crippen LogP contribution in [0.15, 0.2) is 11.2 Å². The fraction of sp³-hybridized carbons (Fsp3) is 0.667. The molecule has 0 radical (unpaired) electrons. The van der Waals surface area contributed by atoms with Gasteiger partial charge >= 0.3 is 5.97 Å². The first-order valence-corrected chi connectivity index (χ1v) is 8.04. The maximum atomic E-state index is 12.4. The van der Waals surface area contributed by atoms with Crippen LogP contribution in [0.2, 0.25) is 0 Å². The van der Waals surface area contributed by atoms with Gasteiger partial charge in [0.05, 0.1) is 0 Å². The highest BCUT2D eigenvalue weighted by Crippen LogP contribution is 2.25. The summed E-state index contributed by atoms with van der Waals surface area (Å²) in [5, 5.41) is 8.82. The maximum Gasteiger partial charge on any atom is 0.303 e. The van der Waals surface area contributed by atoms with Crippen LogP contribution < -0.4 is 0 Å². The first-order valence-electron chi connectivity index (χ1n) is 6.60. The van der Waals surface area contributed by atoms with Crippen LogP contribution in [-0.2, 0) is 21.4 Å². The molecular weight excluding hydrogens is 282 g/mol. The molecule has 1 aromatic rings. The topological polar surface area (TPSA) is 92.5 Å². The molecule has 0 saturated carbocycles. The molecule has 1 atom stereocenters. The second-order valence-corrected chi connectivity index (χ2v) is 6.91.